The molecule has 1 unspecified atom stereocenters. The molecular formula is C17H18FNO4S. The van der Waals surface area contributed by atoms with Gasteiger partial charge >= 0.3 is 0 Å². The van der Waals surface area contributed by atoms with Crippen molar-refractivity contribution in [3.63, 3.8) is 0 Å². The summed E-state index contributed by atoms with van der Waals surface area (Å²) in [5.74, 6) is 0.286. The van der Waals surface area contributed by atoms with Gasteiger partial charge in [0.25, 0.3) is 0 Å². The maximum Gasteiger partial charge on any atom is 0.206 e. The van der Waals surface area contributed by atoms with E-state index >= 15 is 0 Å². The molecule has 24 heavy (non-hydrogen) atoms. The predicted molar refractivity (Wildman–Crippen MR) is 86.8 cm³/mol. The molecule has 0 aromatic heterocycles. The normalized spacial score (nSPS) is 17.1. The van der Waals surface area contributed by atoms with Crippen molar-refractivity contribution < 1.29 is 22.3 Å². The lowest BCUT2D eigenvalue weighted by atomic mass is 10.2. The van der Waals surface area contributed by atoms with Crippen molar-refractivity contribution >= 4 is 9.84 Å². The fraction of sp³-hybridized carbons (Fsp3) is 0.294. The zero-order valence-corrected chi connectivity index (χ0v) is 14.2. The first-order chi connectivity index (χ1) is 11.4. The van der Waals surface area contributed by atoms with Gasteiger partial charge in [-0.25, -0.2) is 12.8 Å². The van der Waals surface area contributed by atoms with Crippen LogP contribution in [-0.4, -0.2) is 46.7 Å². The van der Waals surface area contributed by atoms with Crippen LogP contribution in [0.4, 0.5) is 4.39 Å². The van der Waals surface area contributed by atoms with Gasteiger partial charge in [-0.3, -0.25) is 0 Å². The molecular weight excluding hydrogens is 333 g/mol. The summed E-state index contributed by atoms with van der Waals surface area (Å²) in [6.45, 7) is 1.06. The lowest BCUT2D eigenvalue weighted by Crippen LogP contribution is -2.38. The highest BCUT2D eigenvalue weighted by Gasteiger charge is 2.25. The smallest absolute Gasteiger partial charge is 0.206 e. The summed E-state index contributed by atoms with van der Waals surface area (Å²) in [6, 6.07) is 9.37. The van der Waals surface area contributed by atoms with Crippen LogP contribution in [0.15, 0.2) is 52.3 Å². The van der Waals surface area contributed by atoms with Gasteiger partial charge in [-0.2, -0.15) is 0 Å². The summed E-state index contributed by atoms with van der Waals surface area (Å²) < 4.78 is 50.1. The number of likely N-dealkylation sites (N-methyl/N-ethyl adjacent to an activating group) is 1. The average Bonchev–Trinajstić information content (AvgIpc) is 2.53. The Hall–Kier alpha value is -2.12. The third kappa shape index (κ3) is 3.37. The molecule has 1 heterocycles. The summed E-state index contributed by atoms with van der Waals surface area (Å²) >= 11 is 0. The Morgan fingerprint density at radius 3 is 2.58 bits per heavy atom. The van der Waals surface area contributed by atoms with Crippen LogP contribution >= 0.6 is 0 Å². The molecule has 0 fully saturated rings. The van der Waals surface area contributed by atoms with Gasteiger partial charge in [0, 0.05) is 12.6 Å². The van der Waals surface area contributed by atoms with Gasteiger partial charge in [0.1, 0.15) is 18.5 Å². The Kier molecular flexibility index (Phi) is 4.47. The van der Waals surface area contributed by atoms with Gasteiger partial charge in [-0.1, -0.05) is 6.07 Å². The standard InChI is InChI=1S/C17H18FNO4S/c1-19(2)10-13-11-22-16-7-6-15(9-17(16)23-13)24(20,21)14-5-3-4-12(18)8-14/h3-9,13H,10-11H2,1-2H3. The Labute approximate surface area is 140 Å². The van der Waals surface area contributed by atoms with Gasteiger partial charge in [0.05, 0.1) is 9.79 Å². The number of fused-ring (bicyclic) bond motifs is 1. The van der Waals surface area contributed by atoms with Gasteiger partial charge in [-0.15, -0.1) is 0 Å². The van der Waals surface area contributed by atoms with Crippen LogP contribution in [-0.2, 0) is 9.84 Å². The monoisotopic (exact) mass is 351 g/mol. The zero-order valence-electron chi connectivity index (χ0n) is 13.4. The van der Waals surface area contributed by atoms with Gasteiger partial charge in [0.15, 0.2) is 11.5 Å². The predicted octanol–water partition coefficient (Wildman–Crippen LogP) is 2.36. The summed E-state index contributed by atoms with van der Waals surface area (Å²) in [5, 5.41) is 0. The Balaban J connectivity index is 1.94. The Bertz CT molecular complexity index is 851. The summed E-state index contributed by atoms with van der Waals surface area (Å²) in [6.07, 6.45) is -0.181. The third-order valence-electron chi connectivity index (χ3n) is 3.62. The van der Waals surface area contributed by atoms with Crippen LogP contribution in [0, 0.1) is 5.82 Å². The maximum absolute atomic E-state index is 13.3. The molecule has 0 saturated heterocycles. The number of nitrogens with zero attached hydrogens (tertiary/aromatic N) is 1. The van der Waals surface area contributed by atoms with Crippen molar-refractivity contribution in [3.05, 3.63) is 48.3 Å². The van der Waals surface area contributed by atoms with E-state index in [0.717, 1.165) is 6.07 Å². The van der Waals surface area contributed by atoms with E-state index in [4.69, 9.17) is 9.47 Å². The Morgan fingerprint density at radius 1 is 1.12 bits per heavy atom. The van der Waals surface area contributed by atoms with E-state index < -0.39 is 15.7 Å². The lowest BCUT2D eigenvalue weighted by Gasteiger charge is -2.28. The second-order valence-electron chi connectivity index (χ2n) is 5.88. The van der Waals surface area contributed by atoms with Crippen LogP contribution in [0.2, 0.25) is 0 Å². The summed E-state index contributed by atoms with van der Waals surface area (Å²) in [7, 11) is 0.0192. The minimum absolute atomic E-state index is 0.0425. The molecule has 0 spiro atoms. The van der Waals surface area contributed by atoms with E-state index in [1.165, 1.54) is 30.3 Å². The van der Waals surface area contributed by atoms with Crippen molar-refractivity contribution in [1.82, 2.24) is 4.90 Å². The van der Waals surface area contributed by atoms with Crippen molar-refractivity contribution in [2.45, 2.75) is 15.9 Å². The van der Waals surface area contributed by atoms with Crippen LogP contribution in [0.1, 0.15) is 0 Å². The Morgan fingerprint density at radius 2 is 1.88 bits per heavy atom. The molecule has 0 amide bonds. The molecule has 0 saturated carbocycles. The van der Waals surface area contributed by atoms with Crippen molar-refractivity contribution in [2.24, 2.45) is 0 Å². The molecule has 0 bridgehead atoms. The highest BCUT2D eigenvalue weighted by Crippen LogP contribution is 2.35. The molecule has 2 aromatic carbocycles. The maximum atomic E-state index is 13.3. The molecule has 0 aliphatic carbocycles. The zero-order chi connectivity index (χ0) is 17.3. The van der Waals surface area contributed by atoms with E-state index in [-0.39, 0.29) is 15.9 Å². The van der Waals surface area contributed by atoms with Crippen LogP contribution in [0.5, 0.6) is 11.5 Å². The molecule has 7 heteroatoms. The first-order valence-electron chi connectivity index (χ1n) is 7.45. The first-order valence-corrected chi connectivity index (χ1v) is 8.93. The second-order valence-corrected chi connectivity index (χ2v) is 7.83. The largest absolute Gasteiger partial charge is 0.486 e. The summed E-state index contributed by atoms with van der Waals surface area (Å²) in [4.78, 5) is 1.91. The minimum Gasteiger partial charge on any atom is -0.486 e. The van der Waals surface area contributed by atoms with E-state index in [2.05, 4.69) is 0 Å². The summed E-state index contributed by atoms with van der Waals surface area (Å²) in [5.41, 5.74) is 0. The topological polar surface area (TPSA) is 55.8 Å². The van der Waals surface area contributed by atoms with Crippen LogP contribution in [0.3, 0.4) is 0 Å². The van der Waals surface area contributed by atoms with Gasteiger partial charge < -0.3 is 14.4 Å². The molecule has 1 aliphatic rings. The third-order valence-corrected chi connectivity index (χ3v) is 5.37. The fourth-order valence-electron chi connectivity index (χ4n) is 2.53. The van der Waals surface area contributed by atoms with Gasteiger partial charge in [-0.05, 0) is 44.4 Å². The molecule has 1 atom stereocenters. The van der Waals surface area contributed by atoms with E-state index in [1.807, 2.05) is 19.0 Å². The number of hydrogen-bond donors (Lipinski definition) is 0. The molecule has 5 nitrogen and oxygen atoms in total. The van der Waals surface area contributed by atoms with Gasteiger partial charge in [0.2, 0.25) is 9.84 Å². The lowest BCUT2D eigenvalue weighted by molar-refractivity contribution is 0.0707. The number of benzene rings is 2. The molecule has 128 valence electrons. The molecule has 2 aromatic rings. The molecule has 0 radical (unpaired) electrons. The number of ether oxygens (including phenoxy) is 2. The fourth-order valence-corrected chi connectivity index (χ4v) is 3.84. The average molecular weight is 351 g/mol. The van der Waals surface area contributed by atoms with Crippen molar-refractivity contribution in [2.75, 3.05) is 27.2 Å². The van der Waals surface area contributed by atoms with E-state index in [0.29, 0.717) is 24.7 Å². The second kappa shape index (κ2) is 6.41. The number of halogens is 1. The van der Waals surface area contributed by atoms with Crippen LogP contribution in [0.25, 0.3) is 0 Å². The van der Waals surface area contributed by atoms with E-state index in [9.17, 15) is 12.8 Å². The molecule has 0 N–H and O–H groups in total. The number of rotatable bonds is 4. The van der Waals surface area contributed by atoms with Crippen LogP contribution < -0.4 is 9.47 Å². The number of sulfone groups is 1. The molecule has 1 aliphatic heterocycles. The SMILES string of the molecule is CN(C)CC1COc2ccc(S(=O)(=O)c3cccc(F)c3)cc2O1. The molecule has 3 rings (SSSR count). The number of hydrogen-bond acceptors (Lipinski definition) is 5. The first kappa shape index (κ1) is 16.7. The van der Waals surface area contributed by atoms with Crippen molar-refractivity contribution in [1.29, 1.82) is 0 Å². The van der Waals surface area contributed by atoms with E-state index in [1.54, 1.807) is 6.07 Å². The quantitative estimate of drug-likeness (QED) is 0.846. The highest BCUT2D eigenvalue weighted by molar-refractivity contribution is 7.91. The van der Waals surface area contributed by atoms with Crippen molar-refractivity contribution in [3.8, 4) is 11.5 Å². The minimum atomic E-state index is -3.82. The highest BCUT2D eigenvalue weighted by atomic mass is 32.2.